The highest BCUT2D eigenvalue weighted by molar-refractivity contribution is 7.81. The summed E-state index contributed by atoms with van der Waals surface area (Å²) in [5.41, 5.74) is 2.34. The second-order valence-electron chi connectivity index (χ2n) is 8.37. The number of hydrogen-bond acceptors (Lipinski definition) is 6. The van der Waals surface area contributed by atoms with Crippen LogP contribution in [0.5, 0.6) is 0 Å². The van der Waals surface area contributed by atoms with Gasteiger partial charge in [0.1, 0.15) is 12.4 Å². The van der Waals surface area contributed by atoms with Crippen LogP contribution in [0, 0.1) is 11.7 Å². The van der Waals surface area contributed by atoms with Crippen LogP contribution in [0.4, 0.5) is 4.39 Å². The fraction of sp³-hybridized carbons (Fsp3) is 0.458. The molecule has 1 aliphatic carbocycles. The van der Waals surface area contributed by atoms with E-state index in [0.29, 0.717) is 25.3 Å². The van der Waals surface area contributed by atoms with Crippen LogP contribution in [0.25, 0.3) is 6.08 Å². The molecule has 0 radical (unpaired) electrons. The van der Waals surface area contributed by atoms with Crippen molar-refractivity contribution in [1.82, 2.24) is 14.7 Å². The van der Waals surface area contributed by atoms with Crippen LogP contribution in [0.15, 0.2) is 42.2 Å². The summed E-state index contributed by atoms with van der Waals surface area (Å²) in [6.45, 7) is 3.34. The van der Waals surface area contributed by atoms with Crippen molar-refractivity contribution in [3.05, 3.63) is 59.2 Å². The Kier molecular flexibility index (Phi) is 8.73. The first-order chi connectivity index (χ1) is 15.5. The van der Waals surface area contributed by atoms with Crippen LogP contribution in [0.1, 0.15) is 43.4 Å². The van der Waals surface area contributed by atoms with Crippen molar-refractivity contribution >= 4 is 42.9 Å². The number of thiol groups is 1. The zero-order chi connectivity index (χ0) is 22.7. The number of piperidine rings is 1. The van der Waals surface area contributed by atoms with Crippen LogP contribution in [-0.4, -0.2) is 51.4 Å². The number of carbonyl (C=O) groups excluding carboxylic acids is 2. The van der Waals surface area contributed by atoms with Gasteiger partial charge in [-0.05, 0) is 37.8 Å². The Bertz CT molecular complexity index is 1020. The van der Waals surface area contributed by atoms with Gasteiger partial charge in [0.25, 0.3) is 0 Å². The average molecular weight is 494 g/mol. The maximum atomic E-state index is 14.7. The van der Waals surface area contributed by atoms with E-state index in [4.69, 9.17) is 17.4 Å². The first-order valence-electron chi connectivity index (χ1n) is 11.0. The summed E-state index contributed by atoms with van der Waals surface area (Å²) in [5.74, 6) is -0.543. The topological polar surface area (TPSA) is 64.4 Å². The van der Waals surface area contributed by atoms with Gasteiger partial charge in [-0.25, -0.2) is 4.39 Å². The highest BCUT2D eigenvalue weighted by Gasteiger charge is 2.40. The Morgan fingerprint density at radius 3 is 2.76 bits per heavy atom. The number of ether oxygens (including phenoxy) is 1. The van der Waals surface area contributed by atoms with Gasteiger partial charge in [0.15, 0.2) is 5.78 Å². The van der Waals surface area contributed by atoms with Crippen LogP contribution in [0.2, 0.25) is 0 Å². The highest BCUT2D eigenvalue weighted by Crippen LogP contribution is 2.39. The standard InChI is InChI=1S/C24H28FN3O3S.ClH/c1-2-31-22(29)15-28-13-16(12-26-28)11-18-14-27(10-9-21(18)32)23(24(30)17-7-8-17)19-5-3-4-6-20(19)25;/h3-6,11-13,17,21,23,32H,2,7-10,14-15H2,1H3;1H/b18-11-;. The summed E-state index contributed by atoms with van der Waals surface area (Å²) in [5, 5.41) is 4.27. The van der Waals surface area contributed by atoms with Gasteiger partial charge in [-0.3, -0.25) is 19.2 Å². The van der Waals surface area contributed by atoms with E-state index in [1.807, 2.05) is 6.08 Å². The Hall–Kier alpha value is -2.16. The van der Waals surface area contributed by atoms with E-state index in [2.05, 4.69) is 10.00 Å². The lowest BCUT2D eigenvalue weighted by Gasteiger charge is -2.37. The Labute approximate surface area is 205 Å². The van der Waals surface area contributed by atoms with Gasteiger partial charge in [0, 0.05) is 41.6 Å². The second kappa shape index (κ2) is 11.3. The number of hydrogen-bond donors (Lipinski definition) is 1. The maximum absolute atomic E-state index is 14.7. The normalized spacial score (nSPS) is 20.8. The summed E-state index contributed by atoms with van der Waals surface area (Å²) in [6, 6.07) is 5.99. The fourth-order valence-corrected chi connectivity index (χ4v) is 4.44. The Morgan fingerprint density at radius 1 is 1.30 bits per heavy atom. The number of Topliss-reactive ketones (excluding diaryl/α,β-unsaturated/α-hetero) is 1. The summed E-state index contributed by atoms with van der Waals surface area (Å²) < 4.78 is 21.2. The molecule has 2 heterocycles. The lowest BCUT2D eigenvalue weighted by Crippen LogP contribution is -2.42. The van der Waals surface area contributed by atoms with Crippen molar-refractivity contribution in [3.8, 4) is 0 Å². The van der Waals surface area contributed by atoms with Crippen molar-refractivity contribution in [2.24, 2.45) is 5.92 Å². The van der Waals surface area contributed by atoms with Gasteiger partial charge in [0.05, 0.1) is 18.8 Å². The van der Waals surface area contributed by atoms with Crippen LogP contribution in [0.3, 0.4) is 0 Å². The molecule has 4 rings (SSSR count). The van der Waals surface area contributed by atoms with E-state index < -0.39 is 6.04 Å². The second-order valence-corrected chi connectivity index (χ2v) is 8.99. The first kappa shape index (κ1) is 25.5. The van der Waals surface area contributed by atoms with Crippen molar-refractivity contribution in [3.63, 3.8) is 0 Å². The number of nitrogens with zero attached hydrogens (tertiary/aromatic N) is 3. The summed E-state index contributed by atoms with van der Waals surface area (Å²) in [7, 11) is 0. The molecule has 2 atom stereocenters. The molecule has 0 bridgehead atoms. The van der Waals surface area contributed by atoms with E-state index in [9.17, 15) is 14.0 Å². The minimum atomic E-state index is -0.584. The smallest absolute Gasteiger partial charge is 0.327 e. The molecule has 1 saturated heterocycles. The molecule has 1 aliphatic heterocycles. The number of likely N-dealkylation sites (tertiary alicyclic amines) is 1. The molecule has 0 spiro atoms. The minimum absolute atomic E-state index is 0. The third-order valence-corrected chi connectivity index (χ3v) is 6.51. The molecule has 178 valence electrons. The zero-order valence-corrected chi connectivity index (χ0v) is 20.2. The molecular formula is C24H29ClFN3O3S. The molecule has 9 heteroatoms. The number of aromatic nitrogens is 2. The molecule has 2 aromatic rings. The molecule has 0 N–H and O–H groups in total. The first-order valence-corrected chi connectivity index (χ1v) is 11.6. The van der Waals surface area contributed by atoms with E-state index >= 15 is 0 Å². The largest absolute Gasteiger partial charge is 0.465 e. The van der Waals surface area contributed by atoms with Crippen molar-refractivity contribution in [1.29, 1.82) is 0 Å². The number of esters is 1. The molecule has 1 aromatic carbocycles. The van der Waals surface area contributed by atoms with Gasteiger partial charge >= 0.3 is 5.97 Å². The molecular weight excluding hydrogens is 465 g/mol. The molecule has 0 amide bonds. The number of rotatable bonds is 8. The minimum Gasteiger partial charge on any atom is -0.465 e. The van der Waals surface area contributed by atoms with Gasteiger partial charge < -0.3 is 4.74 Å². The zero-order valence-electron chi connectivity index (χ0n) is 18.5. The summed E-state index contributed by atoms with van der Waals surface area (Å²) >= 11 is 4.74. The molecule has 6 nitrogen and oxygen atoms in total. The fourth-order valence-electron chi connectivity index (χ4n) is 4.17. The molecule has 1 saturated carbocycles. The SMILES string of the molecule is CCOC(=O)Cn1cc(/C=C2/CN(C(C(=O)C3CC3)c3ccccc3F)CCC2S)cn1.Cl. The Balaban J connectivity index is 0.00000306. The van der Waals surface area contributed by atoms with Crippen LogP contribution < -0.4 is 0 Å². The number of carbonyl (C=O) groups is 2. The van der Waals surface area contributed by atoms with E-state index in [1.165, 1.54) is 10.7 Å². The summed E-state index contributed by atoms with van der Waals surface area (Å²) in [4.78, 5) is 26.9. The third-order valence-electron chi connectivity index (χ3n) is 5.92. The molecule has 2 unspecified atom stereocenters. The lowest BCUT2D eigenvalue weighted by molar-refractivity contribution is -0.144. The molecule has 1 aromatic heterocycles. The van der Waals surface area contributed by atoms with Gasteiger partial charge in [-0.1, -0.05) is 24.3 Å². The van der Waals surface area contributed by atoms with Crippen LogP contribution in [-0.2, 0) is 20.9 Å². The molecule has 2 aliphatic rings. The number of halogens is 2. The predicted molar refractivity (Wildman–Crippen MR) is 130 cm³/mol. The van der Waals surface area contributed by atoms with Crippen molar-refractivity contribution < 1.29 is 18.7 Å². The highest BCUT2D eigenvalue weighted by atomic mass is 35.5. The quantitative estimate of drug-likeness (QED) is 0.443. The number of benzene rings is 1. The van der Waals surface area contributed by atoms with Gasteiger partial charge in [-0.15, -0.1) is 12.4 Å². The maximum Gasteiger partial charge on any atom is 0.327 e. The number of ketones is 1. The van der Waals surface area contributed by atoms with Crippen LogP contribution >= 0.6 is 25.0 Å². The van der Waals surface area contributed by atoms with E-state index in [0.717, 1.165) is 30.4 Å². The molecule has 2 fully saturated rings. The van der Waals surface area contributed by atoms with Crippen molar-refractivity contribution in [2.75, 3.05) is 19.7 Å². The van der Waals surface area contributed by atoms with E-state index in [-0.39, 0.29) is 47.7 Å². The Morgan fingerprint density at radius 2 is 2.06 bits per heavy atom. The van der Waals surface area contributed by atoms with Gasteiger partial charge in [0.2, 0.25) is 0 Å². The third kappa shape index (κ3) is 6.25. The lowest BCUT2D eigenvalue weighted by atomic mass is 9.93. The monoisotopic (exact) mass is 493 g/mol. The van der Waals surface area contributed by atoms with E-state index in [1.54, 1.807) is 37.5 Å². The van der Waals surface area contributed by atoms with Gasteiger partial charge in [-0.2, -0.15) is 17.7 Å². The predicted octanol–water partition coefficient (Wildman–Crippen LogP) is 4.12. The van der Waals surface area contributed by atoms with Crippen molar-refractivity contribution in [2.45, 2.75) is 44.0 Å². The molecule has 33 heavy (non-hydrogen) atoms. The average Bonchev–Trinajstić information content (AvgIpc) is 3.53. The summed E-state index contributed by atoms with van der Waals surface area (Å²) in [6.07, 6.45) is 8.00.